The summed E-state index contributed by atoms with van der Waals surface area (Å²) in [7, 11) is 1.58. The van der Waals surface area contributed by atoms with Gasteiger partial charge in [0, 0.05) is 18.2 Å². The van der Waals surface area contributed by atoms with E-state index in [4.69, 9.17) is 9.47 Å². The first-order valence-corrected chi connectivity index (χ1v) is 7.65. The van der Waals surface area contributed by atoms with Crippen molar-refractivity contribution in [1.82, 2.24) is 4.90 Å². The van der Waals surface area contributed by atoms with Crippen LogP contribution < -0.4 is 4.74 Å². The predicted molar refractivity (Wildman–Crippen MR) is 90.1 cm³/mol. The Kier molecular flexibility index (Phi) is 7.32. The highest BCUT2D eigenvalue weighted by Gasteiger charge is 2.20. The summed E-state index contributed by atoms with van der Waals surface area (Å²) in [4.78, 5) is 25.5. The van der Waals surface area contributed by atoms with Gasteiger partial charge in [0.2, 0.25) is 0 Å². The number of hydrogen-bond acceptors (Lipinski definition) is 4. The summed E-state index contributed by atoms with van der Waals surface area (Å²) in [5, 5.41) is 0. The molecule has 0 heterocycles. The minimum Gasteiger partial charge on any atom is -0.497 e. The summed E-state index contributed by atoms with van der Waals surface area (Å²) in [5.41, 5.74) is 0.818. The number of ether oxygens (including phenoxy) is 2. The van der Waals surface area contributed by atoms with E-state index in [1.165, 1.54) is 6.08 Å². The van der Waals surface area contributed by atoms with Crippen molar-refractivity contribution >= 4 is 18.0 Å². The van der Waals surface area contributed by atoms with Crippen molar-refractivity contribution < 1.29 is 19.1 Å². The van der Waals surface area contributed by atoms with E-state index in [9.17, 15) is 9.59 Å². The van der Waals surface area contributed by atoms with Crippen molar-refractivity contribution in [2.45, 2.75) is 39.8 Å². The standard InChI is InChI=1S/C18H25NO4/c1-13(2)19(14(3)4)17(20)12-23-18(21)10-9-15-7-6-8-16(11-15)22-5/h6-11,13-14H,12H2,1-5H3. The first kappa shape index (κ1) is 18.7. The third-order valence-electron chi connectivity index (χ3n) is 3.24. The van der Waals surface area contributed by atoms with Crippen molar-refractivity contribution in [2.75, 3.05) is 13.7 Å². The molecule has 1 rings (SSSR count). The molecule has 0 aliphatic rings. The molecule has 0 saturated carbocycles. The van der Waals surface area contributed by atoms with Gasteiger partial charge in [-0.1, -0.05) is 12.1 Å². The average molecular weight is 319 g/mol. The fraction of sp³-hybridized carbons (Fsp3) is 0.444. The maximum Gasteiger partial charge on any atom is 0.331 e. The molecular weight excluding hydrogens is 294 g/mol. The quantitative estimate of drug-likeness (QED) is 0.573. The SMILES string of the molecule is COc1cccc(C=CC(=O)OCC(=O)N(C(C)C)C(C)C)c1. The molecule has 1 aromatic carbocycles. The molecule has 0 radical (unpaired) electrons. The third-order valence-corrected chi connectivity index (χ3v) is 3.24. The van der Waals surface area contributed by atoms with Crippen molar-refractivity contribution in [3.8, 4) is 5.75 Å². The van der Waals surface area contributed by atoms with E-state index in [0.717, 1.165) is 5.56 Å². The minimum absolute atomic E-state index is 0.0635. The van der Waals surface area contributed by atoms with Crippen LogP contribution in [0.25, 0.3) is 6.08 Å². The lowest BCUT2D eigenvalue weighted by Gasteiger charge is -2.30. The second-order valence-corrected chi connectivity index (χ2v) is 5.71. The van der Waals surface area contributed by atoms with Crippen LogP contribution in [0.3, 0.4) is 0 Å². The van der Waals surface area contributed by atoms with E-state index in [2.05, 4.69) is 0 Å². The van der Waals surface area contributed by atoms with Gasteiger partial charge in [0.1, 0.15) is 5.75 Å². The molecule has 0 atom stereocenters. The molecule has 5 heteroatoms. The Hall–Kier alpha value is -2.30. The number of rotatable bonds is 7. The molecule has 0 spiro atoms. The zero-order chi connectivity index (χ0) is 17.4. The summed E-state index contributed by atoms with van der Waals surface area (Å²) >= 11 is 0. The first-order valence-electron chi connectivity index (χ1n) is 7.65. The number of carbonyl (C=O) groups excluding carboxylic acids is 2. The molecule has 0 bridgehead atoms. The summed E-state index contributed by atoms with van der Waals surface area (Å²) in [5.74, 6) is -0.0352. The third kappa shape index (κ3) is 6.14. The zero-order valence-corrected chi connectivity index (χ0v) is 14.4. The van der Waals surface area contributed by atoms with Gasteiger partial charge in [-0.3, -0.25) is 4.79 Å². The number of carbonyl (C=O) groups is 2. The lowest BCUT2D eigenvalue weighted by Crippen LogP contribution is -2.44. The van der Waals surface area contributed by atoms with Crippen LogP contribution in [-0.4, -0.2) is 42.6 Å². The Morgan fingerprint density at radius 2 is 1.83 bits per heavy atom. The van der Waals surface area contributed by atoms with Crippen LogP contribution >= 0.6 is 0 Å². The van der Waals surface area contributed by atoms with Crippen molar-refractivity contribution in [3.05, 3.63) is 35.9 Å². The highest BCUT2D eigenvalue weighted by atomic mass is 16.5. The summed E-state index contributed by atoms with van der Waals surface area (Å²) in [6, 6.07) is 7.42. The van der Waals surface area contributed by atoms with Gasteiger partial charge >= 0.3 is 5.97 Å². The number of methoxy groups -OCH3 is 1. The maximum atomic E-state index is 12.1. The van der Waals surface area contributed by atoms with Gasteiger partial charge in [-0.05, 0) is 51.5 Å². The van der Waals surface area contributed by atoms with E-state index >= 15 is 0 Å². The molecule has 0 saturated heterocycles. The lowest BCUT2D eigenvalue weighted by atomic mass is 10.2. The number of hydrogen-bond donors (Lipinski definition) is 0. The van der Waals surface area contributed by atoms with Crippen molar-refractivity contribution in [3.63, 3.8) is 0 Å². The largest absolute Gasteiger partial charge is 0.497 e. The van der Waals surface area contributed by atoms with Gasteiger partial charge in [0.25, 0.3) is 5.91 Å². The smallest absolute Gasteiger partial charge is 0.331 e. The molecule has 0 aliphatic carbocycles. The van der Waals surface area contributed by atoms with Gasteiger partial charge in [-0.25, -0.2) is 4.79 Å². The van der Waals surface area contributed by atoms with E-state index in [1.807, 2.05) is 45.9 Å². The lowest BCUT2D eigenvalue weighted by molar-refractivity contribution is -0.150. The fourth-order valence-corrected chi connectivity index (χ4v) is 2.34. The Morgan fingerprint density at radius 3 is 2.39 bits per heavy atom. The Bertz CT molecular complexity index is 556. The van der Waals surface area contributed by atoms with Crippen molar-refractivity contribution in [2.24, 2.45) is 0 Å². The molecule has 1 amide bonds. The Labute approximate surface area is 137 Å². The van der Waals surface area contributed by atoms with Crippen LogP contribution in [0.1, 0.15) is 33.3 Å². The number of amides is 1. The molecule has 1 aromatic rings. The minimum atomic E-state index is -0.548. The highest BCUT2D eigenvalue weighted by Crippen LogP contribution is 2.13. The molecule has 23 heavy (non-hydrogen) atoms. The van der Waals surface area contributed by atoms with Gasteiger partial charge in [0.05, 0.1) is 7.11 Å². The monoisotopic (exact) mass is 319 g/mol. The van der Waals surface area contributed by atoms with E-state index in [0.29, 0.717) is 5.75 Å². The summed E-state index contributed by atoms with van der Waals surface area (Å²) < 4.78 is 10.1. The van der Waals surface area contributed by atoms with Crippen LogP contribution in [0.5, 0.6) is 5.75 Å². The van der Waals surface area contributed by atoms with Crippen LogP contribution in [0.2, 0.25) is 0 Å². The zero-order valence-electron chi connectivity index (χ0n) is 14.4. The summed E-state index contributed by atoms with van der Waals surface area (Å²) in [6.07, 6.45) is 2.93. The van der Waals surface area contributed by atoms with Crippen LogP contribution in [0.15, 0.2) is 30.3 Å². The second kappa shape index (κ2) is 8.98. The molecule has 5 nitrogen and oxygen atoms in total. The van der Waals surface area contributed by atoms with Crippen LogP contribution in [-0.2, 0) is 14.3 Å². The second-order valence-electron chi connectivity index (χ2n) is 5.71. The highest BCUT2D eigenvalue weighted by molar-refractivity contribution is 5.89. The number of nitrogens with zero attached hydrogens (tertiary/aromatic N) is 1. The van der Waals surface area contributed by atoms with Gasteiger partial charge < -0.3 is 14.4 Å². The molecule has 0 unspecified atom stereocenters. The first-order chi connectivity index (χ1) is 10.8. The number of benzene rings is 1. The van der Waals surface area contributed by atoms with E-state index < -0.39 is 5.97 Å². The molecule has 0 N–H and O–H groups in total. The molecule has 0 aliphatic heterocycles. The Balaban J connectivity index is 2.56. The molecular formula is C18H25NO4. The molecule has 126 valence electrons. The molecule has 0 fully saturated rings. The fourth-order valence-electron chi connectivity index (χ4n) is 2.34. The topological polar surface area (TPSA) is 55.8 Å². The maximum absolute atomic E-state index is 12.1. The molecule has 0 aromatic heterocycles. The van der Waals surface area contributed by atoms with Crippen LogP contribution in [0, 0.1) is 0 Å². The Morgan fingerprint density at radius 1 is 1.17 bits per heavy atom. The van der Waals surface area contributed by atoms with Crippen LogP contribution in [0.4, 0.5) is 0 Å². The van der Waals surface area contributed by atoms with Gasteiger partial charge in [-0.2, -0.15) is 0 Å². The van der Waals surface area contributed by atoms with Crippen molar-refractivity contribution in [1.29, 1.82) is 0 Å². The predicted octanol–water partition coefficient (Wildman–Crippen LogP) is 2.90. The van der Waals surface area contributed by atoms with Gasteiger partial charge in [0.15, 0.2) is 6.61 Å². The van der Waals surface area contributed by atoms with Gasteiger partial charge in [-0.15, -0.1) is 0 Å². The number of esters is 1. The van der Waals surface area contributed by atoms with E-state index in [-0.39, 0.29) is 24.6 Å². The normalized spacial score (nSPS) is 11.1. The average Bonchev–Trinajstić information content (AvgIpc) is 2.50. The van der Waals surface area contributed by atoms with E-state index in [1.54, 1.807) is 24.2 Å². The summed E-state index contributed by atoms with van der Waals surface area (Å²) in [6.45, 7) is 7.48.